The number of hydrogen-bond donors (Lipinski definition) is 1. The summed E-state index contributed by atoms with van der Waals surface area (Å²) in [5, 5.41) is 5.65. The van der Waals surface area contributed by atoms with Crippen LogP contribution in [0.15, 0.2) is 4.52 Å². The van der Waals surface area contributed by atoms with Gasteiger partial charge in [-0.05, 0) is 14.0 Å². The molecule has 0 aliphatic heterocycles. The van der Waals surface area contributed by atoms with Crippen molar-refractivity contribution in [1.29, 1.82) is 0 Å². The molecule has 0 aromatic carbocycles. The Labute approximate surface area is 72.9 Å². The van der Waals surface area contributed by atoms with Crippen molar-refractivity contribution in [3.63, 3.8) is 0 Å². The van der Waals surface area contributed by atoms with Crippen molar-refractivity contribution in [2.24, 2.45) is 0 Å². The fourth-order valence-corrected chi connectivity index (χ4v) is 0.960. The van der Waals surface area contributed by atoms with E-state index in [9.17, 15) is 13.2 Å². The van der Waals surface area contributed by atoms with Gasteiger partial charge in [0.05, 0.1) is 6.54 Å². The van der Waals surface area contributed by atoms with Gasteiger partial charge in [-0.2, -0.15) is 13.2 Å². The molecule has 0 radical (unpaired) electrons. The first-order valence-corrected chi connectivity index (χ1v) is 3.63. The normalized spacial score (nSPS) is 12.1. The minimum absolute atomic E-state index is 0.0434. The molecule has 0 spiro atoms. The minimum atomic E-state index is -4.43. The van der Waals surface area contributed by atoms with Gasteiger partial charge in [-0.15, -0.1) is 0 Å². The lowest BCUT2D eigenvalue weighted by molar-refractivity contribution is -0.143. The topological polar surface area (TPSA) is 38.1 Å². The fraction of sp³-hybridized carbons (Fsp3) is 0.571. The van der Waals surface area contributed by atoms with Gasteiger partial charge in [0.25, 0.3) is 0 Å². The number of rotatable bonds is 2. The summed E-state index contributed by atoms with van der Waals surface area (Å²) in [6.07, 6.45) is -4.43. The molecule has 0 bridgehead atoms. The lowest BCUT2D eigenvalue weighted by Gasteiger charge is -2.01. The summed E-state index contributed by atoms with van der Waals surface area (Å²) in [5.74, 6) is 0.217. The molecule has 1 heterocycles. The zero-order valence-electron chi connectivity index (χ0n) is 7.20. The molecule has 0 aliphatic carbocycles. The fourth-order valence-electron chi connectivity index (χ4n) is 0.960. The standard InChI is InChI=1S/C7H9F3N2O/c1-4-5(3-11-2)13-12-6(4)7(8,9)10/h11H,3H2,1-2H3. The number of halogens is 3. The van der Waals surface area contributed by atoms with Gasteiger partial charge >= 0.3 is 6.18 Å². The maximum Gasteiger partial charge on any atom is 0.437 e. The molecule has 0 fully saturated rings. The highest BCUT2D eigenvalue weighted by Gasteiger charge is 2.37. The van der Waals surface area contributed by atoms with Crippen molar-refractivity contribution in [1.82, 2.24) is 10.5 Å². The Bertz CT molecular complexity index is 292. The molecule has 1 aromatic rings. The minimum Gasteiger partial charge on any atom is -0.359 e. The number of nitrogens with zero attached hydrogens (tertiary/aromatic N) is 1. The van der Waals surface area contributed by atoms with Gasteiger partial charge in [0.2, 0.25) is 0 Å². The summed E-state index contributed by atoms with van der Waals surface area (Å²) in [7, 11) is 1.62. The number of hydrogen-bond acceptors (Lipinski definition) is 3. The first-order chi connectivity index (χ1) is 5.96. The quantitative estimate of drug-likeness (QED) is 0.778. The van der Waals surface area contributed by atoms with Crippen LogP contribution in [-0.2, 0) is 12.7 Å². The highest BCUT2D eigenvalue weighted by atomic mass is 19.4. The van der Waals surface area contributed by atoms with Crippen LogP contribution in [0.4, 0.5) is 13.2 Å². The van der Waals surface area contributed by atoms with E-state index in [1.165, 1.54) is 6.92 Å². The smallest absolute Gasteiger partial charge is 0.359 e. The zero-order chi connectivity index (χ0) is 10.1. The second-order valence-electron chi connectivity index (χ2n) is 2.61. The summed E-state index contributed by atoms with van der Waals surface area (Å²) >= 11 is 0. The first-order valence-electron chi connectivity index (χ1n) is 3.63. The van der Waals surface area contributed by atoms with Gasteiger partial charge in [0, 0.05) is 5.56 Å². The van der Waals surface area contributed by atoms with Crippen molar-refractivity contribution >= 4 is 0 Å². The van der Waals surface area contributed by atoms with Crippen molar-refractivity contribution in [2.45, 2.75) is 19.6 Å². The molecular formula is C7H9F3N2O. The Kier molecular flexibility index (Phi) is 2.60. The second-order valence-corrected chi connectivity index (χ2v) is 2.61. The molecule has 0 saturated carbocycles. The van der Waals surface area contributed by atoms with E-state index in [-0.39, 0.29) is 17.9 Å². The van der Waals surface area contributed by atoms with Crippen molar-refractivity contribution in [3.05, 3.63) is 17.0 Å². The molecule has 1 N–H and O–H groups in total. The van der Waals surface area contributed by atoms with Crippen molar-refractivity contribution in [3.8, 4) is 0 Å². The molecule has 3 nitrogen and oxygen atoms in total. The Morgan fingerprint density at radius 2 is 2.08 bits per heavy atom. The van der Waals surface area contributed by atoms with E-state index in [4.69, 9.17) is 0 Å². The first kappa shape index (κ1) is 10.0. The van der Waals surface area contributed by atoms with E-state index in [0.717, 1.165) is 0 Å². The molecule has 1 rings (SSSR count). The molecule has 0 saturated heterocycles. The Morgan fingerprint density at radius 1 is 1.46 bits per heavy atom. The van der Waals surface area contributed by atoms with Gasteiger partial charge < -0.3 is 9.84 Å². The van der Waals surface area contributed by atoms with Gasteiger partial charge in [0.1, 0.15) is 0 Å². The molecule has 0 unspecified atom stereocenters. The van der Waals surface area contributed by atoms with Gasteiger partial charge in [-0.1, -0.05) is 5.16 Å². The van der Waals surface area contributed by atoms with Crippen LogP contribution >= 0.6 is 0 Å². The van der Waals surface area contributed by atoms with Crippen LogP contribution in [0.2, 0.25) is 0 Å². The van der Waals surface area contributed by atoms with E-state index in [1.807, 2.05) is 0 Å². The largest absolute Gasteiger partial charge is 0.437 e. The van der Waals surface area contributed by atoms with Crippen molar-refractivity contribution in [2.75, 3.05) is 7.05 Å². The lowest BCUT2D eigenvalue weighted by Crippen LogP contribution is -2.09. The maximum absolute atomic E-state index is 12.2. The van der Waals surface area contributed by atoms with Crippen LogP contribution in [-0.4, -0.2) is 12.2 Å². The predicted octanol–water partition coefficient (Wildman–Crippen LogP) is 1.72. The van der Waals surface area contributed by atoms with Crippen LogP contribution in [0.25, 0.3) is 0 Å². The molecule has 0 atom stereocenters. The van der Waals surface area contributed by atoms with Crippen LogP contribution in [0.3, 0.4) is 0 Å². The third kappa shape index (κ3) is 2.00. The van der Waals surface area contributed by atoms with E-state index in [1.54, 1.807) is 7.05 Å². The van der Waals surface area contributed by atoms with Crippen LogP contribution in [0, 0.1) is 6.92 Å². The molecule has 13 heavy (non-hydrogen) atoms. The van der Waals surface area contributed by atoms with E-state index >= 15 is 0 Å². The average molecular weight is 194 g/mol. The SMILES string of the molecule is CNCc1onc(C(F)(F)F)c1C. The number of nitrogens with one attached hydrogen (secondary N) is 1. The third-order valence-corrected chi connectivity index (χ3v) is 1.63. The van der Waals surface area contributed by atoms with E-state index < -0.39 is 11.9 Å². The second kappa shape index (κ2) is 3.37. The monoisotopic (exact) mass is 194 g/mol. The summed E-state index contributed by atoms with van der Waals surface area (Å²) in [6, 6.07) is 0. The van der Waals surface area contributed by atoms with Gasteiger partial charge in [-0.25, -0.2) is 0 Å². The third-order valence-electron chi connectivity index (χ3n) is 1.63. The average Bonchev–Trinajstić information content (AvgIpc) is 2.32. The van der Waals surface area contributed by atoms with Crippen LogP contribution in [0.5, 0.6) is 0 Å². The highest BCUT2D eigenvalue weighted by molar-refractivity contribution is 5.23. The predicted molar refractivity (Wildman–Crippen MR) is 39.0 cm³/mol. The summed E-state index contributed by atoms with van der Waals surface area (Å²) < 4.78 is 41.0. The zero-order valence-corrected chi connectivity index (χ0v) is 7.20. The van der Waals surface area contributed by atoms with Gasteiger partial charge in [-0.3, -0.25) is 0 Å². The van der Waals surface area contributed by atoms with Crippen molar-refractivity contribution < 1.29 is 17.7 Å². The summed E-state index contributed by atoms with van der Waals surface area (Å²) in [5.41, 5.74) is -0.903. The molecule has 6 heteroatoms. The molecule has 1 aromatic heterocycles. The van der Waals surface area contributed by atoms with E-state index in [0.29, 0.717) is 0 Å². The summed E-state index contributed by atoms with van der Waals surface area (Å²) in [4.78, 5) is 0. The maximum atomic E-state index is 12.2. The Balaban J connectivity index is 2.99. The van der Waals surface area contributed by atoms with Crippen LogP contribution < -0.4 is 5.32 Å². The Hall–Kier alpha value is -1.04. The number of alkyl halides is 3. The molecular weight excluding hydrogens is 185 g/mol. The molecule has 0 amide bonds. The lowest BCUT2D eigenvalue weighted by atomic mass is 10.2. The van der Waals surface area contributed by atoms with Gasteiger partial charge in [0.15, 0.2) is 11.5 Å². The molecule has 0 aliphatic rings. The van der Waals surface area contributed by atoms with Crippen LogP contribution in [0.1, 0.15) is 17.0 Å². The van der Waals surface area contributed by atoms with E-state index in [2.05, 4.69) is 15.0 Å². The molecule has 74 valence electrons. The number of aromatic nitrogens is 1. The summed E-state index contributed by atoms with van der Waals surface area (Å²) in [6.45, 7) is 1.58. The Morgan fingerprint density at radius 3 is 2.46 bits per heavy atom. The highest BCUT2D eigenvalue weighted by Crippen LogP contribution is 2.31.